The number of pyridine rings is 5. The number of benzene rings is 5. The van der Waals surface area contributed by atoms with Crippen LogP contribution in [-0.2, 0) is 107 Å². The van der Waals surface area contributed by atoms with Gasteiger partial charge in [0.05, 0.1) is 47.7 Å². The number of rotatable bonds is 4. The third-order valence-corrected chi connectivity index (χ3v) is 10.7. The Morgan fingerprint density at radius 3 is 1.49 bits per heavy atom. The number of nitrogens with zero attached hydrogens (tertiary/aromatic N) is 12. The molecule has 0 bridgehead atoms. The molecule has 0 saturated heterocycles. The van der Waals surface area contributed by atoms with Crippen LogP contribution in [0, 0.1) is 110 Å². The molecule has 11 rings (SSSR count). The number of furan rings is 1. The van der Waals surface area contributed by atoms with Crippen LogP contribution < -0.4 is 0 Å². The fourth-order valence-electron chi connectivity index (χ4n) is 6.96. The molecule has 0 N–H and O–H groups in total. The molecule has 84 heavy (non-hydrogen) atoms. The van der Waals surface area contributed by atoms with E-state index in [1.165, 1.54) is 30.5 Å². The second-order valence-corrected chi connectivity index (χ2v) is 15.8. The summed E-state index contributed by atoms with van der Waals surface area (Å²) in [5.74, 6) is 0.748. The smallest absolute Gasteiger partial charge is 0.415 e. The van der Waals surface area contributed by atoms with E-state index in [-0.39, 0.29) is 112 Å². The largest absolute Gasteiger partial charge is 0.527 e. The van der Waals surface area contributed by atoms with Gasteiger partial charge in [0.2, 0.25) is 0 Å². The van der Waals surface area contributed by atoms with Gasteiger partial charge in [-0.25, -0.2) is 5.26 Å². The van der Waals surface area contributed by atoms with Crippen molar-refractivity contribution in [3.05, 3.63) is 258 Å². The van der Waals surface area contributed by atoms with Crippen LogP contribution in [0.3, 0.4) is 0 Å². The first kappa shape index (κ1) is 71.2. The van der Waals surface area contributed by atoms with Crippen LogP contribution in [0.4, 0.5) is 13.2 Å². The minimum absolute atomic E-state index is 0. The van der Waals surface area contributed by atoms with Gasteiger partial charge in [-0.2, -0.15) is 44.7 Å². The Morgan fingerprint density at radius 1 is 0.417 bits per heavy atom. The first-order chi connectivity index (χ1) is 38.5. The second-order valence-electron chi connectivity index (χ2n) is 15.8. The zero-order chi connectivity index (χ0) is 56.0. The van der Waals surface area contributed by atoms with Crippen molar-refractivity contribution >= 4 is 21.7 Å². The molecule has 0 atom stereocenters. The fraction of sp³-hybridized carbons (Fsp3) is 0.0159. The fourth-order valence-corrected chi connectivity index (χ4v) is 6.96. The van der Waals surface area contributed by atoms with Gasteiger partial charge in [-0.1, -0.05) is 53.9 Å². The minimum atomic E-state index is -4.41. The van der Waals surface area contributed by atoms with Crippen LogP contribution in [0.25, 0.3) is 66.9 Å². The Morgan fingerprint density at radius 2 is 0.964 bits per heavy atom. The third kappa shape index (κ3) is 19.9. The SMILES string of the molecule is N#Cc1c[c-]c(-c2ccccn2)o1.N#Cc1cc[c-]c(-c2cc(C#N)ccn2)c1.N#Cc1cc[c-]c(-c2cc(C(F)(F)F)ccn2)c1.N#Cc1cc[c-]c2c1ccc1cccnc12.N#Cc1ccc(-c2[c-]ccc(C#N)c2)nc1.[Ir].[Ir].[Ir].[Ir].[Ir]. The van der Waals surface area contributed by atoms with Crippen molar-refractivity contribution in [3.8, 4) is 87.7 Å². The van der Waals surface area contributed by atoms with Crippen LogP contribution >= 0.6 is 0 Å². The molecule has 21 heteroatoms. The summed E-state index contributed by atoms with van der Waals surface area (Å²) in [6.45, 7) is 0. The summed E-state index contributed by atoms with van der Waals surface area (Å²) in [4.78, 5) is 20.5. The van der Waals surface area contributed by atoms with Crippen molar-refractivity contribution < 1.29 is 118 Å². The maximum atomic E-state index is 12.5. The van der Waals surface area contributed by atoms with Crippen molar-refractivity contribution in [1.29, 1.82) is 36.8 Å². The van der Waals surface area contributed by atoms with Crippen molar-refractivity contribution in [2.24, 2.45) is 0 Å². The molecule has 6 heterocycles. The molecule has 5 radical (unpaired) electrons. The van der Waals surface area contributed by atoms with E-state index in [0.717, 1.165) is 51.1 Å². The van der Waals surface area contributed by atoms with E-state index in [0.29, 0.717) is 61.8 Å². The Balaban J connectivity index is 0.000000354. The number of hydrogen-bond acceptors (Lipinski definition) is 13. The van der Waals surface area contributed by atoms with Crippen LogP contribution in [-0.4, -0.2) is 24.9 Å². The van der Waals surface area contributed by atoms with E-state index in [2.05, 4.69) is 73.5 Å². The molecule has 0 fully saturated rings. The van der Waals surface area contributed by atoms with E-state index >= 15 is 0 Å². The number of aromatic nitrogens is 5. The summed E-state index contributed by atoms with van der Waals surface area (Å²) in [6.07, 6.45) is 3.17. The van der Waals surface area contributed by atoms with Crippen LogP contribution in [0.15, 0.2) is 187 Å². The molecule has 0 aliphatic rings. The van der Waals surface area contributed by atoms with Gasteiger partial charge in [0.25, 0.3) is 0 Å². The molecule has 0 unspecified atom stereocenters. The number of hydrogen-bond donors (Lipinski definition) is 0. The maximum absolute atomic E-state index is 12.5. The molecule has 5 aromatic carbocycles. The summed E-state index contributed by atoms with van der Waals surface area (Å²) >= 11 is 0. The zero-order valence-electron chi connectivity index (χ0n) is 42.4. The molecule has 13 nitrogen and oxygen atoms in total. The molecular weight excluding hydrogens is 1960 g/mol. The topological polar surface area (TPSA) is 244 Å². The summed E-state index contributed by atoms with van der Waals surface area (Å²) in [7, 11) is 0. The maximum Gasteiger partial charge on any atom is 0.415 e. The van der Waals surface area contributed by atoms with Gasteiger partial charge >= 0.3 is 6.18 Å². The van der Waals surface area contributed by atoms with Crippen molar-refractivity contribution in [3.63, 3.8) is 0 Å². The molecule has 0 spiro atoms. The minimum Gasteiger partial charge on any atom is -0.527 e. The van der Waals surface area contributed by atoms with Gasteiger partial charge in [-0.05, 0) is 80.6 Å². The van der Waals surface area contributed by atoms with Gasteiger partial charge < -0.3 is 29.3 Å². The molecule has 419 valence electrons. The Kier molecular flexibility index (Phi) is 30.4. The van der Waals surface area contributed by atoms with Crippen molar-refractivity contribution in [1.82, 2.24) is 24.9 Å². The summed E-state index contributed by atoms with van der Waals surface area (Å²) in [5, 5.41) is 64.1. The van der Waals surface area contributed by atoms with Crippen LogP contribution in [0.5, 0.6) is 0 Å². The Hall–Kier alpha value is -8.88. The first-order valence-electron chi connectivity index (χ1n) is 22.9. The average Bonchev–Trinajstić information content (AvgIpc) is 4.17. The standard InChI is InChI=1S/C14H7N2.C13H6F3N2.2C13H6N3.C10H5N2O.5Ir/c15-9-11-3-1-5-13-12(11)7-6-10-4-2-8-16-14(10)13;14-13(15,16)11-4-5-18-12(7-11)10-3-1-2-9(6-10)8-17;14-8-10-2-1-3-12(6-10)13-7-11(9-15)4-5-16-13;14-7-10-2-1-3-12(6-10)13-5-4-11(8-15)9-16-13;11-7-8-4-5-10(13-8)9-3-1-2-6-12-9;;;;;/h1-4,6-8H;1-2,4-7H;1-2,4-7H;1-2,4-6,9H;1-4,6H;;;;;/q5*-1;;;;;. The monoisotopic (exact) mass is 1990 g/mol. The van der Waals surface area contributed by atoms with E-state index < -0.39 is 11.7 Å². The molecule has 0 aliphatic heterocycles. The van der Waals surface area contributed by atoms with Gasteiger partial charge in [0, 0.05) is 154 Å². The molecular formula is C63H30F3Ir5N12O-5. The van der Waals surface area contributed by atoms with E-state index in [9.17, 15) is 13.2 Å². The normalized spacial score (nSPS) is 9.29. The number of nitriles is 7. The van der Waals surface area contributed by atoms with E-state index in [1.807, 2.05) is 60.7 Å². The zero-order valence-corrected chi connectivity index (χ0v) is 54.4. The Bertz CT molecular complexity index is 4220. The number of halogens is 3. The van der Waals surface area contributed by atoms with Gasteiger partial charge in [-0.3, -0.25) is 0 Å². The van der Waals surface area contributed by atoms with Gasteiger partial charge in [-0.15, -0.1) is 125 Å². The van der Waals surface area contributed by atoms with E-state index in [1.54, 1.807) is 97.5 Å². The summed E-state index contributed by atoms with van der Waals surface area (Å²) in [6, 6.07) is 70.4. The molecule has 0 saturated carbocycles. The third-order valence-electron chi connectivity index (χ3n) is 10.7. The van der Waals surface area contributed by atoms with Crippen LogP contribution in [0.2, 0.25) is 0 Å². The van der Waals surface area contributed by atoms with Crippen molar-refractivity contribution in [2.45, 2.75) is 6.18 Å². The van der Waals surface area contributed by atoms with E-state index in [4.69, 9.17) is 41.3 Å². The predicted molar refractivity (Wildman–Crippen MR) is 282 cm³/mol. The quantitative estimate of drug-likeness (QED) is 0.118. The Labute approximate surface area is 548 Å². The predicted octanol–water partition coefficient (Wildman–Crippen LogP) is 13.1. The molecule has 0 amide bonds. The summed E-state index contributed by atoms with van der Waals surface area (Å²) in [5.41, 5.74) is 7.33. The summed E-state index contributed by atoms with van der Waals surface area (Å²) < 4.78 is 42.8. The van der Waals surface area contributed by atoms with Crippen molar-refractivity contribution in [2.75, 3.05) is 0 Å². The molecule has 0 aliphatic carbocycles. The van der Waals surface area contributed by atoms with Gasteiger partial charge in [0.15, 0.2) is 0 Å². The number of fused-ring (bicyclic) bond motifs is 3. The molecule has 11 aromatic rings. The molecule has 6 aromatic heterocycles. The number of alkyl halides is 3. The van der Waals surface area contributed by atoms with Crippen LogP contribution in [0.1, 0.15) is 44.7 Å². The van der Waals surface area contributed by atoms with Gasteiger partial charge in [0.1, 0.15) is 6.07 Å². The first-order valence-corrected chi connectivity index (χ1v) is 22.9. The second kappa shape index (κ2) is 35.9. The average molecular weight is 1990 g/mol.